The molecule has 1 aliphatic rings. The Morgan fingerprint density at radius 1 is 1.42 bits per heavy atom. The van der Waals surface area contributed by atoms with E-state index in [1.54, 1.807) is 16.0 Å². The molecule has 2 aromatic rings. The molecule has 2 aromatic heterocycles. The molecule has 0 bridgehead atoms. The summed E-state index contributed by atoms with van der Waals surface area (Å²) in [4.78, 5) is 15.5. The summed E-state index contributed by atoms with van der Waals surface area (Å²) in [6, 6.07) is 3.96. The second-order valence-corrected chi connectivity index (χ2v) is 7.09. The topological polar surface area (TPSA) is 85.2 Å². The van der Waals surface area contributed by atoms with Crippen LogP contribution in [0.15, 0.2) is 17.5 Å². The number of nitrogens with zero attached hydrogens (tertiary/aromatic N) is 5. The van der Waals surface area contributed by atoms with E-state index in [0.29, 0.717) is 18.9 Å². The van der Waals surface area contributed by atoms with Gasteiger partial charge in [-0.25, -0.2) is 4.68 Å². The zero-order valence-corrected chi connectivity index (χ0v) is 14.7. The van der Waals surface area contributed by atoms with Gasteiger partial charge in [-0.2, -0.15) is 0 Å². The third-order valence-corrected chi connectivity index (χ3v) is 4.68. The van der Waals surface area contributed by atoms with Crippen LogP contribution in [0.1, 0.15) is 24.5 Å². The zero-order chi connectivity index (χ0) is 16.9. The SMILES string of the molecule is C[C@@H]1CN(Cc2nnnn2CC(=O)NCc2cccs2)C[C@H](C)O1. The van der Waals surface area contributed by atoms with Gasteiger partial charge in [0.2, 0.25) is 5.91 Å². The first-order chi connectivity index (χ1) is 11.6. The normalized spacial score (nSPS) is 21.8. The maximum Gasteiger partial charge on any atom is 0.242 e. The van der Waals surface area contributed by atoms with Gasteiger partial charge < -0.3 is 10.1 Å². The number of amides is 1. The van der Waals surface area contributed by atoms with E-state index in [4.69, 9.17) is 4.74 Å². The van der Waals surface area contributed by atoms with Crippen LogP contribution >= 0.6 is 11.3 Å². The zero-order valence-electron chi connectivity index (χ0n) is 13.9. The number of morpholine rings is 1. The van der Waals surface area contributed by atoms with Crippen molar-refractivity contribution in [3.63, 3.8) is 0 Å². The number of ether oxygens (including phenoxy) is 1. The van der Waals surface area contributed by atoms with E-state index < -0.39 is 0 Å². The number of tetrazole rings is 1. The van der Waals surface area contributed by atoms with Crippen molar-refractivity contribution in [2.45, 2.75) is 45.7 Å². The fourth-order valence-corrected chi connectivity index (χ4v) is 3.51. The van der Waals surface area contributed by atoms with Crippen molar-refractivity contribution in [2.75, 3.05) is 13.1 Å². The van der Waals surface area contributed by atoms with Gasteiger partial charge in [0.1, 0.15) is 6.54 Å². The van der Waals surface area contributed by atoms with Gasteiger partial charge in [0, 0.05) is 18.0 Å². The largest absolute Gasteiger partial charge is 0.373 e. The van der Waals surface area contributed by atoms with Gasteiger partial charge in [0.15, 0.2) is 5.82 Å². The predicted molar refractivity (Wildman–Crippen MR) is 89.3 cm³/mol. The Bertz CT molecular complexity index is 649. The van der Waals surface area contributed by atoms with Crippen molar-refractivity contribution in [3.05, 3.63) is 28.2 Å². The van der Waals surface area contributed by atoms with E-state index >= 15 is 0 Å². The highest BCUT2D eigenvalue weighted by atomic mass is 32.1. The summed E-state index contributed by atoms with van der Waals surface area (Å²) in [5.74, 6) is 0.600. The number of hydrogen-bond donors (Lipinski definition) is 1. The molecule has 0 unspecified atom stereocenters. The third kappa shape index (κ3) is 4.59. The molecule has 0 spiro atoms. The van der Waals surface area contributed by atoms with Crippen molar-refractivity contribution in [1.29, 1.82) is 0 Å². The highest BCUT2D eigenvalue weighted by Crippen LogP contribution is 2.13. The van der Waals surface area contributed by atoms with E-state index in [2.05, 4.69) is 39.6 Å². The highest BCUT2D eigenvalue weighted by Gasteiger charge is 2.24. The molecular formula is C15H22N6O2S. The minimum absolute atomic E-state index is 0.0966. The summed E-state index contributed by atoms with van der Waals surface area (Å²) in [6.45, 7) is 7.07. The van der Waals surface area contributed by atoms with E-state index in [-0.39, 0.29) is 24.7 Å². The number of carbonyl (C=O) groups excluding carboxylic acids is 1. The number of hydrogen-bond acceptors (Lipinski definition) is 7. The van der Waals surface area contributed by atoms with E-state index in [1.165, 1.54) is 0 Å². The molecule has 24 heavy (non-hydrogen) atoms. The number of thiophene rings is 1. The Balaban J connectivity index is 1.53. The van der Waals surface area contributed by atoms with E-state index in [9.17, 15) is 4.79 Å². The highest BCUT2D eigenvalue weighted by molar-refractivity contribution is 7.09. The molecule has 3 heterocycles. The lowest BCUT2D eigenvalue weighted by Crippen LogP contribution is -2.45. The molecule has 1 saturated heterocycles. The maximum absolute atomic E-state index is 12.1. The van der Waals surface area contributed by atoms with Crippen LogP contribution in [0.4, 0.5) is 0 Å². The first-order valence-electron chi connectivity index (χ1n) is 8.02. The second kappa shape index (κ2) is 7.82. The molecule has 1 fully saturated rings. The van der Waals surface area contributed by atoms with Gasteiger partial charge in [-0.05, 0) is 35.7 Å². The van der Waals surface area contributed by atoms with Gasteiger partial charge in [-0.3, -0.25) is 9.69 Å². The van der Waals surface area contributed by atoms with E-state index in [1.807, 2.05) is 17.5 Å². The third-order valence-electron chi connectivity index (χ3n) is 3.80. The van der Waals surface area contributed by atoms with Gasteiger partial charge in [0.05, 0.1) is 25.3 Å². The molecule has 0 aliphatic carbocycles. The summed E-state index contributed by atoms with van der Waals surface area (Å²) < 4.78 is 7.30. The van der Waals surface area contributed by atoms with Gasteiger partial charge in [0.25, 0.3) is 0 Å². The first kappa shape index (κ1) is 17.0. The monoisotopic (exact) mass is 350 g/mol. The molecule has 0 aromatic carbocycles. The molecule has 9 heteroatoms. The molecule has 1 amide bonds. The van der Waals surface area contributed by atoms with Gasteiger partial charge in [-0.1, -0.05) is 6.07 Å². The lowest BCUT2D eigenvalue weighted by molar-refractivity contribution is -0.122. The summed E-state index contributed by atoms with van der Waals surface area (Å²) in [6.07, 6.45) is 0.374. The predicted octanol–water partition coefficient (Wildman–Crippen LogP) is 0.660. The van der Waals surface area contributed by atoms with Crippen LogP contribution in [0.2, 0.25) is 0 Å². The van der Waals surface area contributed by atoms with Gasteiger partial charge >= 0.3 is 0 Å². The molecule has 2 atom stereocenters. The maximum atomic E-state index is 12.1. The molecule has 1 N–H and O–H groups in total. The van der Waals surface area contributed by atoms with Crippen molar-refractivity contribution >= 4 is 17.2 Å². The summed E-state index contributed by atoms with van der Waals surface area (Å²) >= 11 is 1.62. The number of aromatic nitrogens is 4. The van der Waals surface area contributed by atoms with Crippen LogP contribution in [-0.4, -0.2) is 56.3 Å². The Morgan fingerprint density at radius 3 is 2.92 bits per heavy atom. The van der Waals surface area contributed by atoms with Crippen LogP contribution < -0.4 is 5.32 Å². The second-order valence-electron chi connectivity index (χ2n) is 6.06. The smallest absolute Gasteiger partial charge is 0.242 e. The van der Waals surface area contributed by atoms with Crippen molar-refractivity contribution in [2.24, 2.45) is 0 Å². The average molecular weight is 350 g/mol. The van der Waals surface area contributed by atoms with Crippen LogP contribution in [-0.2, 0) is 29.2 Å². The number of rotatable bonds is 6. The van der Waals surface area contributed by atoms with Crippen molar-refractivity contribution in [1.82, 2.24) is 30.4 Å². The van der Waals surface area contributed by atoms with E-state index in [0.717, 1.165) is 18.0 Å². The van der Waals surface area contributed by atoms with Crippen LogP contribution in [0.25, 0.3) is 0 Å². The quantitative estimate of drug-likeness (QED) is 0.824. The summed E-state index contributed by atoms with van der Waals surface area (Å²) in [5.41, 5.74) is 0. The Kier molecular flexibility index (Phi) is 5.54. The number of carbonyl (C=O) groups is 1. The Morgan fingerprint density at radius 2 is 2.21 bits per heavy atom. The van der Waals surface area contributed by atoms with Crippen molar-refractivity contribution < 1.29 is 9.53 Å². The Hall–Kier alpha value is -1.84. The Labute approximate surface area is 144 Å². The molecule has 1 aliphatic heterocycles. The lowest BCUT2D eigenvalue weighted by Gasteiger charge is -2.34. The molecule has 8 nitrogen and oxygen atoms in total. The fourth-order valence-electron chi connectivity index (χ4n) is 2.86. The van der Waals surface area contributed by atoms with Gasteiger partial charge in [-0.15, -0.1) is 16.4 Å². The first-order valence-corrected chi connectivity index (χ1v) is 8.90. The average Bonchev–Trinajstić information content (AvgIpc) is 3.17. The van der Waals surface area contributed by atoms with Crippen LogP contribution in [0.5, 0.6) is 0 Å². The standard InChI is InChI=1S/C15H22N6O2S/c1-11-7-20(8-12(2)23-11)9-14-17-18-19-21(14)10-15(22)16-6-13-4-3-5-24-13/h3-5,11-12H,6-10H2,1-2H3,(H,16,22)/t11-,12+. The lowest BCUT2D eigenvalue weighted by atomic mass is 10.2. The summed E-state index contributed by atoms with van der Waals surface area (Å²) in [7, 11) is 0. The molecule has 0 radical (unpaired) electrons. The molecule has 3 rings (SSSR count). The number of nitrogens with one attached hydrogen (secondary N) is 1. The molecular weight excluding hydrogens is 328 g/mol. The van der Waals surface area contributed by atoms with Crippen LogP contribution in [0, 0.1) is 0 Å². The molecule has 0 saturated carbocycles. The molecule has 130 valence electrons. The summed E-state index contributed by atoms with van der Waals surface area (Å²) in [5, 5.41) is 16.6. The van der Waals surface area contributed by atoms with Crippen LogP contribution in [0.3, 0.4) is 0 Å². The minimum Gasteiger partial charge on any atom is -0.373 e. The fraction of sp³-hybridized carbons (Fsp3) is 0.600. The van der Waals surface area contributed by atoms with Crippen molar-refractivity contribution in [3.8, 4) is 0 Å². The minimum atomic E-state index is -0.0966.